The molecule has 3 heterocycles. The van der Waals surface area contributed by atoms with Gasteiger partial charge in [-0.1, -0.05) is 30.7 Å². The lowest BCUT2D eigenvalue weighted by molar-refractivity contribution is -0.137. The van der Waals surface area contributed by atoms with E-state index in [1.165, 1.54) is 61.2 Å². The number of nitrogens with one attached hydrogen (secondary N) is 1. The van der Waals surface area contributed by atoms with Gasteiger partial charge in [0, 0.05) is 44.0 Å². The van der Waals surface area contributed by atoms with Gasteiger partial charge in [-0.05, 0) is 92.2 Å². The number of aromatic nitrogens is 1. The first-order valence-corrected chi connectivity index (χ1v) is 16.0. The molecule has 0 saturated carbocycles. The molecule has 1 amide bonds. The third-order valence-electron chi connectivity index (χ3n) is 8.79. The summed E-state index contributed by atoms with van der Waals surface area (Å²) in [5.41, 5.74) is 3.99. The topological polar surface area (TPSA) is 57.6 Å². The van der Waals surface area contributed by atoms with Crippen LogP contribution in [-0.2, 0) is 47.9 Å². The molecular formula is C32H37F3N4O2S. The molecule has 10 heteroatoms. The van der Waals surface area contributed by atoms with Crippen molar-refractivity contribution in [2.24, 2.45) is 0 Å². The quantitative estimate of drug-likeness (QED) is 0.383. The molecule has 0 bridgehead atoms. The van der Waals surface area contributed by atoms with Crippen LogP contribution < -0.4 is 5.32 Å². The molecule has 2 aromatic carbocycles. The minimum Gasteiger partial charge on any atom is -0.353 e. The zero-order valence-corrected chi connectivity index (χ0v) is 24.4. The molecule has 1 aliphatic carbocycles. The van der Waals surface area contributed by atoms with Crippen molar-refractivity contribution >= 4 is 16.9 Å². The highest BCUT2D eigenvalue weighted by Gasteiger charge is 2.36. The Morgan fingerprint density at radius 1 is 0.952 bits per heavy atom. The Labute approximate surface area is 247 Å². The summed E-state index contributed by atoms with van der Waals surface area (Å²) in [6, 6.07) is 14.7. The van der Waals surface area contributed by atoms with Crippen molar-refractivity contribution in [1.82, 2.24) is 19.1 Å². The van der Waals surface area contributed by atoms with Gasteiger partial charge in [0.25, 0.3) is 0 Å². The number of amides is 1. The predicted octanol–water partition coefficient (Wildman–Crippen LogP) is 5.64. The van der Waals surface area contributed by atoms with Crippen LogP contribution in [0.2, 0.25) is 0 Å². The van der Waals surface area contributed by atoms with E-state index in [4.69, 9.17) is 0 Å². The average molecular weight is 599 g/mol. The van der Waals surface area contributed by atoms with Crippen molar-refractivity contribution in [3.63, 3.8) is 0 Å². The molecule has 0 spiro atoms. The number of alkyl halides is 3. The number of rotatable bonds is 7. The molecule has 3 aliphatic rings. The lowest BCUT2D eigenvalue weighted by Gasteiger charge is -2.36. The summed E-state index contributed by atoms with van der Waals surface area (Å²) in [4.78, 5) is 16.0. The molecule has 1 saturated heterocycles. The van der Waals surface area contributed by atoms with E-state index in [9.17, 15) is 22.2 Å². The summed E-state index contributed by atoms with van der Waals surface area (Å²) in [7, 11) is -1.86. The third kappa shape index (κ3) is 6.50. The molecule has 3 aromatic rings. The zero-order valence-electron chi connectivity index (χ0n) is 23.6. The SMILES string of the molecule is O=C(CC1c2cccn2CCN1S(=O)c1cccc(C(F)(F)F)c1)NC1CCc2cc(CN3CCCCC3)ccc2C1. The van der Waals surface area contributed by atoms with Crippen molar-refractivity contribution in [1.29, 1.82) is 0 Å². The van der Waals surface area contributed by atoms with Gasteiger partial charge in [-0.15, -0.1) is 0 Å². The van der Waals surface area contributed by atoms with Crippen LogP contribution in [-0.4, -0.2) is 49.6 Å². The Balaban J connectivity index is 1.12. The zero-order chi connectivity index (χ0) is 29.3. The second kappa shape index (κ2) is 12.3. The Bertz CT molecular complexity index is 1450. The first-order valence-electron chi connectivity index (χ1n) is 14.9. The molecular weight excluding hydrogens is 561 g/mol. The number of hydrogen-bond acceptors (Lipinski definition) is 3. The fraction of sp³-hybridized carbons (Fsp3) is 0.469. The minimum absolute atomic E-state index is 0.00994. The summed E-state index contributed by atoms with van der Waals surface area (Å²) in [5.74, 6) is -0.143. The lowest BCUT2D eigenvalue weighted by atomic mass is 9.87. The average Bonchev–Trinajstić information content (AvgIpc) is 3.47. The van der Waals surface area contributed by atoms with Gasteiger partial charge in [-0.25, -0.2) is 8.51 Å². The summed E-state index contributed by atoms with van der Waals surface area (Å²) < 4.78 is 57.3. The van der Waals surface area contributed by atoms with Gasteiger partial charge in [0.15, 0.2) is 0 Å². The van der Waals surface area contributed by atoms with Crippen LogP contribution in [0.25, 0.3) is 0 Å². The van der Waals surface area contributed by atoms with Gasteiger partial charge in [-0.2, -0.15) is 13.2 Å². The number of carbonyl (C=O) groups is 1. The number of halogens is 3. The Morgan fingerprint density at radius 2 is 1.79 bits per heavy atom. The van der Waals surface area contributed by atoms with Crippen LogP contribution in [0.4, 0.5) is 13.2 Å². The predicted molar refractivity (Wildman–Crippen MR) is 156 cm³/mol. The van der Waals surface area contributed by atoms with E-state index in [1.54, 1.807) is 4.31 Å². The fourth-order valence-corrected chi connectivity index (χ4v) is 7.99. The molecule has 6 rings (SSSR count). The highest BCUT2D eigenvalue weighted by atomic mass is 32.2. The summed E-state index contributed by atoms with van der Waals surface area (Å²) in [5, 5.41) is 3.21. The maximum Gasteiger partial charge on any atom is 0.416 e. The van der Waals surface area contributed by atoms with Gasteiger partial charge >= 0.3 is 6.18 Å². The van der Waals surface area contributed by atoms with Crippen LogP contribution in [0.15, 0.2) is 65.7 Å². The monoisotopic (exact) mass is 598 g/mol. The molecule has 3 unspecified atom stereocenters. The van der Waals surface area contributed by atoms with Crippen molar-refractivity contribution in [2.75, 3.05) is 19.6 Å². The van der Waals surface area contributed by atoms with Gasteiger partial charge in [0.05, 0.1) is 16.5 Å². The maximum absolute atomic E-state index is 13.6. The molecule has 1 N–H and O–H groups in total. The van der Waals surface area contributed by atoms with Crippen molar-refractivity contribution in [3.05, 3.63) is 88.7 Å². The van der Waals surface area contributed by atoms with Gasteiger partial charge in [-0.3, -0.25) is 9.69 Å². The highest BCUT2D eigenvalue weighted by molar-refractivity contribution is 7.82. The summed E-state index contributed by atoms with van der Waals surface area (Å²) in [6.45, 7) is 4.24. The minimum atomic E-state index is -4.52. The molecule has 6 nitrogen and oxygen atoms in total. The molecule has 1 fully saturated rings. The van der Waals surface area contributed by atoms with Gasteiger partial charge in [0.1, 0.15) is 11.0 Å². The standard InChI is InChI=1S/C32H37F3N4O2S/c33-32(34,35)26-6-4-7-28(20-26)42(41)39-17-16-38-15-5-8-29(38)30(39)21-31(40)36-27-12-11-24-18-23(9-10-25(24)19-27)22-37-13-2-1-3-14-37/h4-10,15,18,20,27,30H,1-3,11-14,16-17,19,21-22H2,(H,36,40). The number of carbonyl (C=O) groups excluding carboxylic acids is 1. The molecule has 2 aliphatic heterocycles. The highest BCUT2D eigenvalue weighted by Crippen LogP contribution is 2.35. The normalized spacial score (nSPS) is 22.3. The van der Waals surface area contributed by atoms with E-state index >= 15 is 0 Å². The smallest absolute Gasteiger partial charge is 0.353 e. The molecule has 3 atom stereocenters. The fourth-order valence-electron chi connectivity index (χ4n) is 6.63. The van der Waals surface area contributed by atoms with Crippen LogP contribution in [0, 0.1) is 0 Å². The number of fused-ring (bicyclic) bond motifs is 2. The van der Waals surface area contributed by atoms with Crippen molar-refractivity contribution in [2.45, 2.75) is 81.2 Å². The Hall–Kier alpha value is -2.95. The van der Waals surface area contributed by atoms with E-state index in [2.05, 4.69) is 28.4 Å². The first-order chi connectivity index (χ1) is 20.2. The number of piperidine rings is 1. The molecule has 1 aromatic heterocycles. The second-order valence-corrected chi connectivity index (χ2v) is 13.1. The lowest BCUT2D eigenvalue weighted by Crippen LogP contribution is -2.44. The Morgan fingerprint density at radius 3 is 2.60 bits per heavy atom. The van der Waals surface area contributed by atoms with Crippen LogP contribution >= 0.6 is 0 Å². The second-order valence-electron chi connectivity index (χ2n) is 11.7. The molecule has 0 radical (unpaired) electrons. The summed E-state index contributed by atoms with van der Waals surface area (Å²) in [6.07, 6.45) is 3.88. The number of likely N-dealkylation sites (tertiary alicyclic amines) is 1. The van der Waals surface area contributed by atoms with Gasteiger partial charge < -0.3 is 9.88 Å². The number of benzene rings is 2. The number of hydrogen-bond donors (Lipinski definition) is 1. The molecule has 42 heavy (non-hydrogen) atoms. The largest absolute Gasteiger partial charge is 0.416 e. The molecule has 224 valence electrons. The van der Waals surface area contributed by atoms with Crippen LogP contribution in [0.5, 0.6) is 0 Å². The van der Waals surface area contributed by atoms with Crippen molar-refractivity contribution < 1.29 is 22.2 Å². The van der Waals surface area contributed by atoms with E-state index in [0.717, 1.165) is 43.6 Å². The van der Waals surface area contributed by atoms with E-state index < -0.39 is 28.8 Å². The van der Waals surface area contributed by atoms with E-state index in [0.29, 0.717) is 13.1 Å². The number of aryl methyl sites for hydroxylation is 1. The third-order valence-corrected chi connectivity index (χ3v) is 10.3. The van der Waals surface area contributed by atoms with Gasteiger partial charge in [0.2, 0.25) is 5.91 Å². The maximum atomic E-state index is 13.6. The number of nitrogens with zero attached hydrogens (tertiary/aromatic N) is 3. The summed E-state index contributed by atoms with van der Waals surface area (Å²) >= 11 is 0. The Kier molecular flexibility index (Phi) is 8.56. The van der Waals surface area contributed by atoms with Crippen LogP contribution in [0.1, 0.15) is 66.1 Å². The first kappa shape index (κ1) is 29.1. The van der Waals surface area contributed by atoms with E-state index in [1.807, 2.05) is 22.9 Å². The van der Waals surface area contributed by atoms with Crippen LogP contribution in [0.3, 0.4) is 0 Å². The van der Waals surface area contributed by atoms with Crippen molar-refractivity contribution in [3.8, 4) is 0 Å². The van der Waals surface area contributed by atoms with E-state index in [-0.39, 0.29) is 23.3 Å².